The third-order valence-electron chi connectivity index (χ3n) is 2.36. The van der Waals surface area contributed by atoms with Crippen molar-refractivity contribution in [2.45, 2.75) is 13.3 Å². The molecule has 1 aromatic carbocycles. The number of carbonyl (C=O) groups excluding carboxylic acids is 1. The first-order valence-electron chi connectivity index (χ1n) is 5.04. The number of aromatic nitrogens is 2. The van der Waals surface area contributed by atoms with E-state index in [4.69, 9.17) is 11.6 Å². The molecular formula is C12H11ClN2O. The summed E-state index contributed by atoms with van der Waals surface area (Å²) in [6.45, 7) is 2.01. The van der Waals surface area contributed by atoms with Gasteiger partial charge >= 0.3 is 0 Å². The van der Waals surface area contributed by atoms with Gasteiger partial charge in [-0.2, -0.15) is 0 Å². The van der Waals surface area contributed by atoms with E-state index in [-0.39, 0.29) is 0 Å². The van der Waals surface area contributed by atoms with E-state index in [1.165, 1.54) is 0 Å². The Labute approximate surface area is 98.5 Å². The first-order chi connectivity index (χ1) is 7.74. The summed E-state index contributed by atoms with van der Waals surface area (Å²) in [5.74, 6) is 0.354. The molecule has 2 aromatic rings. The Hall–Kier alpha value is -1.61. The molecule has 16 heavy (non-hydrogen) atoms. The number of imidazole rings is 1. The van der Waals surface area contributed by atoms with Crippen LogP contribution in [0.15, 0.2) is 24.3 Å². The van der Waals surface area contributed by atoms with Crippen LogP contribution in [0, 0.1) is 0 Å². The standard InChI is InChI=1S/C12H11ClN2O/c1-2-10-12(15-11(7-16)14-10)8-4-3-5-9(13)6-8/h3-7H,2H2,1H3,(H,14,15). The summed E-state index contributed by atoms with van der Waals surface area (Å²) in [7, 11) is 0. The van der Waals surface area contributed by atoms with E-state index in [1.807, 2.05) is 31.2 Å². The Morgan fingerprint density at radius 1 is 1.50 bits per heavy atom. The molecule has 1 heterocycles. The molecule has 3 nitrogen and oxygen atoms in total. The van der Waals surface area contributed by atoms with Gasteiger partial charge in [-0.1, -0.05) is 30.7 Å². The lowest BCUT2D eigenvalue weighted by Gasteiger charge is -2.00. The number of nitrogens with zero attached hydrogens (tertiary/aromatic N) is 1. The van der Waals surface area contributed by atoms with E-state index in [2.05, 4.69) is 9.97 Å². The smallest absolute Gasteiger partial charge is 0.185 e. The van der Waals surface area contributed by atoms with Crippen molar-refractivity contribution in [2.24, 2.45) is 0 Å². The number of hydrogen-bond donors (Lipinski definition) is 1. The number of carbonyl (C=O) groups is 1. The molecule has 0 fully saturated rings. The minimum atomic E-state index is 0.354. The van der Waals surface area contributed by atoms with Crippen LogP contribution in [0.5, 0.6) is 0 Å². The Bertz CT molecular complexity index is 519. The summed E-state index contributed by atoms with van der Waals surface area (Å²) >= 11 is 5.92. The first-order valence-corrected chi connectivity index (χ1v) is 5.42. The lowest BCUT2D eigenvalue weighted by molar-refractivity contribution is 0.111. The van der Waals surface area contributed by atoms with Crippen molar-refractivity contribution in [3.8, 4) is 11.3 Å². The Kier molecular flexibility index (Phi) is 3.06. The van der Waals surface area contributed by atoms with Gasteiger partial charge in [-0.15, -0.1) is 0 Å². The maximum atomic E-state index is 10.7. The number of aryl methyl sites for hydroxylation is 1. The van der Waals surface area contributed by atoms with E-state index in [0.717, 1.165) is 23.4 Å². The second-order valence-corrected chi connectivity index (χ2v) is 3.87. The van der Waals surface area contributed by atoms with Gasteiger partial charge in [-0.05, 0) is 18.6 Å². The molecule has 4 heteroatoms. The third kappa shape index (κ3) is 1.99. The highest BCUT2D eigenvalue weighted by molar-refractivity contribution is 6.30. The van der Waals surface area contributed by atoms with Crippen LogP contribution in [0.1, 0.15) is 23.2 Å². The zero-order chi connectivity index (χ0) is 11.5. The number of benzene rings is 1. The van der Waals surface area contributed by atoms with Crippen LogP contribution in [0.3, 0.4) is 0 Å². The molecule has 82 valence electrons. The van der Waals surface area contributed by atoms with Crippen LogP contribution in [0.2, 0.25) is 5.02 Å². The fraction of sp³-hybridized carbons (Fsp3) is 0.167. The van der Waals surface area contributed by atoms with Crippen molar-refractivity contribution in [3.63, 3.8) is 0 Å². The van der Waals surface area contributed by atoms with Crippen molar-refractivity contribution >= 4 is 17.9 Å². The minimum absolute atomic E-state index is 0.354. The van der Waals surface area contributed by atoms with Crippen LogP contribution in [0.4, 0.5) is 0 Å². The normalized spacial score (nSPS) is 10.4. The van der Waals surface area contributed by atoms with Crippen LogP contribution in [-0.4, -0.2) is 16.3 Å². The third-order valence-corrected chi connectivity index (χ3v) is 2.60. The molecule has 0 radical (unpaired) electrons. The molecule has 0 spiro atoms. The maximum absolute atomic E-state index is 10.7. The van der Waals surface area contributed by atoms with Crippen molar-refractivity contribution in [3.05, 3.63) is 40.8 Å². The van der Waals surface area contributed by atoms with Gasteiger partial charge in [0.2, 0.25) is 0 Å². The molecular weight excluding hydrogens is 224 g/mol. The number of aromatic amines is 1. The van der Waals surface area contributed by atoms with Crippen LogP contribution in [-0.2, 0) is 6.42 Å². The summed E-state index contributed by atoms with van der Waals surface area (Å²) in [6.07, 6.45) is 1.51. The van der Waals surface area contributed by atoms with Gasteiger partial charge in [-0.3, -0.25) is 4.79 Å². The molecule has 1 N–H and O–H groups in total. The molecule has 0 saturated carbocycles. The number of nitrogens with one attached hydrogen (secondary N) is 1. The summed E-state index contributed by atoms with van der Waals surface area (Å²) in [6, 6.07) is 7.44. The van der Waals surface area contributed by atoms with Crippen molar-refractivity contribution < 1.29 is 4.79 Å². The summed E-state index contributed by atoms with van der Waals surface area (Å²) < 4.78 is 0. The molecule has 0 aliphatic rings. The van der Waals surface area contributed by atoms with Crippen LogP contribution < -0.4 is 0 Å². The zero-order valence-electron chi connectivity index (χ0n) is 8.83. The average molecular weight is 235 g/mol. The average Bonchev–Trinajstić information content (AvgIpc) is 2.72. The van der Waals surface area contributed by atoms with Gasteiger partial charge in [0, 0.05) is 16.3 Å². The summed E-state index contributed by atoms with van der Waals surface area (Å²) in [5, 5.41) is 0.662. The predicted molar refractivity (Wildman–Crippen MR) is 63.8 cm³/mol. The summed E-state index contributed by atoms with van der Waals surface area (Å²) in [4.78, 5) is 17.9. The number of H-pyrrole nitrogens is 1. The Balaban J connectivity index is 2.54. The van der Waals surface area contributed by atoms with Crippen molar-refractivity contribution in [1.29, 1.82) is 0 Å². The quantitative estimate of drug-likeness (QED) is 0.830. The number of halogens is 1. The fourth-order valence-corrected chi connectivity index (χ4v) is 1.81. The molecule has 0 saturated heterocycles. The number of hydrogen-bond acceptors (Lipinski definition) is 2. The molecule has 0 amide bonds. The van der Waals surface area contributed by atoms with Gasteiger partial charge in [0.25, 0.3) is 0 Å². The van der Waals surface area contributed by atoms with Gasteiger partial charge in [-0.25, -0.2) is 4.98 Å². The Morgan fingerprint density at radius 2 is 2.31 bits per heavy atom. The number of rotatable bonds is 3. The lowest BCUT2D eigenvalue weighted by Crippen LogP contribution is -1.85. The topological polar surface area (TPSA) is 45.8 Å². The van der Waals surface area contributed by atoms with E-state index >= 15 is 0 Å². The minimum Gasteiger partial charge on any atom is -0.339 e. The highest BCUT2D eigenvalue weighted by Gasteiger charge is 2.10. The van der Waals surface area contributed by atoms with Gasteiger partial charge in [0.1, 0.15) is 0 Å². The van der Waals surface area contributed by atoms with Gasteiger partial charge in [0.05, 0.1) is 5.69 Å². The van der Waals surface area contributed by atoms with Crippen LogP contribution >= 0.6 is 11.6 Å². The molecule has 0 aliphatic carbocycles. The molecule has 0 atom stereocenters. The predicted octanol–water partition coefficient (Wildman–Crippen LogP) is 3.11. The van der Waals surface area contributed by atoms with Crippen molar-refractivity contribution in [2.75, 3.05) is 0 Å². The fourth-order valence-electron chi connectivity index (χ4n) is 1.62. The van der Waals surface area contributed by atoms with Crippen LogP contribution in [0.25, 0.3) is 11.3 Å². The van der Waals surface area contributed by atoms with E-state index in [0.29, 0.717) is 17.1 Å². The maximum Gasteiger partial charge on any atom is 0.185 e. The van der Waals surface area contributed by atoms with Gasteiger partial charge in [0.15, 0.2) is 12.1 Å². The van der Waals surface area contributed by atoms with E-state index < -0.39 is 0 Å². The highest BCUT2D eigenvalue weighted by atomic mass is 35.5. The summed E-state index contributed by atoms with van der Waals surface area (Å²) in [5.41, 5.74) is 2.67. The molecule has 0 aliphatic heterocycles. The molecule has 0 bridgehead atoms. The second-order valence-electron chi connectivity index (χ2n) is 3.43. The lowest BCUT2D eigenvalue weighted by atomic mass is 10.1. The van der Waals surface area contributed by atoms with E-state index in [1.54, 1.807) is 0 Å². The Morgan fingerprint density at radius 3 is 2.94 bits per heavy atom. The highest BCUT2D eigenvalue weighted by Crippen LogP contribution is 2.24. The molecule has 0 unspecified atom stereocenters. The zero-order valence-corrected chi connectivity index (χ0v) is 9.58. The number of aldehydes is 1. The molecule has 2 rings (SSSR count). The second kappa shape index (κ2) is 4.49. The monoisotopic (exact) mass is 234 g/mol. The first kappa shape index (κ1) is 10.9. The van der Waals surface area contributed by atoms with E-state index in [9.17, 15) is 4.79 Å². The SMILES string of the molecule is CCc1[nH]c(C=O)nc1-c1cccc(Cl)c1. The van der Waals surface area contributed by atoms with Crippen molar-refractivity contribution in [1.82, 2.24) is 9.97 Å². The molecule has 1 aromatic heterocycles. The van der Waals surface area contributed by atoms with Gasteiger partial charge < -0.3 is 4.98 Å². The largest absolute Gasteiger partial charge is 0.339 e.